The van der Waals surface area contributed by atoms with Crippen molar-refractivity contribution in [2.24, 2.45) is 0 Å². The van der Waals surface area contributed by atoms with E-state index in [1.54, 1.807) is 0 Å². The van der Waals surface area contributed by atoms with Gasteiger partial charge in [0.2, 0.25) is 5.95 Å². The highest BCUT2D eigenvalue weighted by Gasteiger charge is 2.25. The van der Waals surface area contributed by atoms with E-state index in [0.717, 1.165) is 105 Å². The molecule has 346 valence electrons. The van der Waals surface area contributed by atoms with Crippen molar-refractivity contribution in [3.8, 4) is 90.0 Å². The van der Waals surface area contributed by atoms with Gasteiger partial charge in [-0.3, -0.25) is 4.57 Å². The van der Waals surface area contributed by atoms with Crippen molar-refractivity contribution >= 4 is 43.6 Å². The van der Waals surface area contributed by atoms with Gasteiger partial charge in [0.1, 0.15) is 0 Å². The molecular formula is C69H45N5. The van der Waals surface area contributed by atoms with Crippen LogP contribution in [0, 0.1) is 0 Å². The smallest absolute Gasteiger partial charge is 0.238 e. The molecule has 0 spiro atoms. The zero-order valence-corrected chi connectivity index (χ0v) is 40.2. The number of rotatable bonds is 9. The van der Waals surface area contributed by atoms with E-state index in [2.05, 4.69) is 282 Å². The molecule has 74 heavy (non-hydrogen) atoms. The highest BCUT2D eigenvalue weighted by atomic mass is 15.2. The molecule has 0 amide bonds. The fraction of sp³-hybridized carbons (Fsp3) is 0. The van der Waals surface area contributed by atoms with Gasteiger partial charge in [0, 0.05) is 38.4 Å². The lowest BCUT2D eigenvalue weighted by Crippen LogP contribution is -2.07. The minimum atomic E-state index is 0.529. The molecule has 11 aromatic carbocycles. The molecule has 14 aromatic rings. The van der Waals surface area contributed by atoms with Crippen molar-refractivity contribution in [3.63, 3.8) is 0 Å². The van der Waals surface area contributed by atoms with Gasteiger partial charge in [0.25, 0.3) is 0 Å². The zero-order valence-electron chi connectivity index (χ0n) is 40.2. The Bertz CT molecular complexity index is 4390. The van der Waals surface area contributed by atoms with Gasteiger partial charge in [0.15, 0.2) is 11.6 Å². The highest BCUT2D eigenvalue weighted by Crippen LogP contribution is 2.44. The molecule has 5 nitrogen and oxygen atoms in total. The Morgan fingerprint density at radius 3 is 0.973 bits per heavy atom. The second-order valence-corrected chi connectivity index (χ2v) is 18.8. The van der Waals surface area contributed by atoms with Crippen LogP contribution in [0.25, 0.3) is 134 Å². The van der Waals surface area contributed by atoms with Crippen molar-refractivity contribution in [2.75, 3.05) is 0 Å². The number of fused-ring (bicyclic) bond motifs is 7. The number of nitrogens with zero attached hydrogens (tertiary/aromatic N) is 5. The SMILES string of the molecule is c1ccc(-c2cccc(-c3cccc(-c4nc(-c5cccc(-c6ccccc6)c5)nc(-n5c6ccc(-c7ccccc7)cc6c6ccc7c8cc(-c9ccccc9)ccc8n(-c8ccccc8)c7c65)n4)c3)c2)cc1. The maximum Gasteiger partial charge on any atom is 0.238 e. The molecule has 5 heteroatoms. The van der Waals surface area contributed by atoms with Gasteiger partial charge in [0.05, 0.1) is 22.1 Å². The minimum absolute atomic E-state index is 0.529. The van der Waals surface area contributed by atoms with E-state index >= 15 is 0 Å². The molecule has 0 aliphatic carbocycles. The molecule has 0 fully saturated rings. The number of benzene rings is 11. The van der Waals surface area contributed by atoms with E-state index in [4.69, 9.17) is 15.0 Å². The van der Waals surface area contributed by atoms with Crippen LogP contribution in [0.3, 0.4) is 0 Å². The van der Waals surface area contributed by atoms with Gasteiger partial charge in [-0.25, -0.2) is 4.98 Å². The molecule has 0 saturated carbocycles. The summed E-state index contributed by atoms with van der Waals surface area (Å²) in [4.78, 5) is 16.5. The lowest BCUT2D eigenvalue weighted by molar-refractivity contribution is 0.953. The van der Waals surface area contributed by atoms with Crippen LogP contribution in [-0.4, -0.2) is 24.1 Å². The molecule has 3 aromatic heterocycles. The fourth-order valence-corrected chi connectivity index (χ4v) is 10.8. The quantitative estimate of drug-likeness (QED) is 0.145. The summed E-state index contributed by atoms with van der Waals surface area (Å²) in [5, 5.41) is 4.50. The van der Waals surface area contributed by atoms with Crippen LogP contribution in [-0.2, 0) is 0 Å². The molecule has 0 saturated heterocycles. The standard InChI is InChI=1S/C69H45N5/c1-6-19-46(20-7-1)50-27-16-29-52(41-50)53-30-18-32-57(43-53)68-70-67(56-31-17-28-51(42-56)47-21-8-2-9-22-47)71-69(72-68)74-64-40-36-55(49-25-12-4-13-26-49)45-62(64)60-38-37-59-61-44-54(48-23-10-3-11-24-48)35-39-63(61)73(65(59)66(60)74)58-33-14-5-15-34-58/h1-45H. The largest absolute Gasteiger partial charge is 0.307 e. The second-order valence-electron chi connectivity index (χ2n) is 18.8. The van der Waals surface area contributed by atoms with Gasteiger partial charge < -0.3 is 4.57 Å². The maximum atomic E-state index is 5.58. The van der Waals surface area contributed by atoms with Crippen LogP contribution in [0.4, 0.5) is 0 Å². The minimum Gasteiger partial charge on any atom is -0.307 e. The molecule has 0 aliphatic rings. The summed E-state index contributed by atoms with van der Waals surface area (Å²) in [6.07, 6.45) is 0. The van der Waals surface area contributed by atoms with Crippen LogP contribution in [0.15, 0.2) is 273 Å². The van der Waals surface area contributed by atoms with Gasteiger partial charge in [-0.15, -0.1) is 0 Å². The van der Waals surface area contributed by atoms with Gasteiger partial charge >= 0.3 is 0 Å². The highest BCUT2D eigenvalue weighted by molar-refractivity contribution is 6.24. The van der Waals surface area contributed by atoms with Gasteiger partial charge in [-0.05, 0) is 110 Å². The first-order valence-corrected chi connectivity index (χ1v) is 25.1. The summed E-state index contributed by atoms with van der Waals surface area (Å²) in [6.45, 7) is 0. The Morgan fingerprint density at radius 1 is 0.216 bits per heavy atom. The first kappa shape index (κ1) is 42.9. The Balaban J connectivity index is 1.07. The Hall–Kier alpha value is -9.97. The third kappa shape index (κ3) is 7.54. The number of hydrogen-bond donors (Lipinski definition) is 0. The predicted molar refractivity (Wildman–Crippen MR) is 307 cm³/mol. The van der Waals surface area contributed by atoms with E-state index in [1.807, 2.05) is 0 Å². The lowest BCUT2D eigenvalue weighted by Gasteiger charge is -2.14. The van der Waals surface area contributed by atoms with E-state index < -0.39 is 0 Å². The Kier molecular flexibility index (Phi) is 10.4. The summed E-state index contributed by atoms with van der Waals surface area (Å²) in [5.41, 5.74) is 18.4. The topological polar surface area (TPSA) is 48.5 Å². The number of aromatic nitrogens is 5. The third-order valence-electron chi connectivity index (χ3n) is 14.4. The molecule has 0 N–H and O–H groups in total. The molecule has 3 heterocycles. The fourth-order valence-electron chi connectivity index (χ4n) is 10.8. The van der Waals surface area contributed by atoms with Gasteiger partial charge in [-0.1, -0.05) is 218 Å². The van der Waals surface area contributed by atoms with Crippen molar-refractivity contribution in [2.45, 2.75) is 0 Å². The predicted octanol–water partition coefficient (Wildman–Crippen LogP) is 17.7. The summed E-state index contributed by atoms with van der Waals surface area (Å²) in [7, 11) is 0. The van der Waals surface area contributed by atoms with E-state index in [1.165, 1.54) is 11.1 Å². The van der Waals surface area contributed by atoms with Crippen LogP contribution < -0.4 is 0 Å². The zero-order chi connectivity index (χ0) is 49.0. The first-order valence-electron chi connectivity index (χ1n) is 25.1. The molecule has 0 unspecified atom stereocenters. The number of para-hydroxylation sites is 1. The van der Waals surface area contributed by atoms with Crippen molar-refractivity contribution in [3.05, 3.63) is 273 Å². The molecule has 14 rings (SSSR count). The normalized spacial score (nSPS) is 11.5. The molecule has 0 aliphatic heterocycles. The molecular weight excluding hydrogens is 899 g/mol. The number of hydrogen-bond acceptors (Lipinski definition) is 3. The summed E-state index contributed by atoms with van der Waals surface area (Å²) in [6, 6.07) is 97.2. The van der Waals surface area contributed by atoms with Crippen LogP contribution in [0.5, 0.6) is 0 Å². The van der Waals surface area contributed by atoms with Crippen molar-refractivity contribution in [1.29, 1.82) is 0 Å². The summed E-state index contributed by atoms with van der Waals surface area (Å²) < 4.78 is 4.72. The van der Waals surface area contributed by atoms with Crippen LogP contribution in [0.1, 0.15) is 0 Å². The van der Waals surface area contributed by atoms with E-state index in [-0.39, 0.29) is 0 Å². The second kappa shape index (κ2) is 18.0. The van der Waals surface area contributed by atoms with Crippen molar-refractivity contribution in [1.82, 2.24) is 24.1 Å². The van der Waals surface area contributed by atoms with E-state index in [0.29, 0.717) is 17.6 Å². The average Bonchev–Trinajstić information content (AvgIpc) is 4.01. The molecule has 0 radical (unpaired) electrons. The lowest BCUT2D eigenvalue weighted by atomic mass is 9.98. The third-order valence-corrected chi connectivity index (χ3v) is 14.4. The van der Waals surface area contributed by atoms with Crippen LogP contribution in [0.2, 0.25) is 0 Å². The molecule has 0 bridgehead atoms. The maximum absolute atomic E-state index is 5.58. The Labute approximate surface area is 428 Å². The van der Waals surface area contributed by atoms with E-state index in [9.17, 15) is 0 Å². The first-order chi connectivity index (χ1) is 36.7. The molecule has 0 atom stereocenters. The Morgan fingerprint density at radius 2 is 0.541 bits per heavy atom. The summed E-state index contributed by atoms with van der Waals surface area (Å²) in [5.74, 6) is 1.69. The van der Waals surface area contributed by atoms with Gasteiger partial charge in [-0.2, -0.15) is 9.97 Å². The monoisotopic (exact) mass is 943 g/mol. The average molecular weight is 944 g/mol. The van der Waals surface area contributed by atoms with Crippen LogP contribution >= 0.6 is 0 Å². The summed E-state index contributed by atoms with van der Waals surface area (Å²) >= 11 is 0. The van der Waals surface area contributed by atoms with Crippen molar-refractivity contribution < 1.29 is 0 Å².